The average molecular weight is 239 g/mol. The summed E-state index contributed by atoms with van der Waals surface area (Å²) in [7, 11) is 0. The third-order valence-electron chi connectivity index (χ3n) is 1.61. The van der Waals surface area contributed by atoms with Crippen LogP contribution in [0.15, 0.2) is 29.1 Å². The van der Waals surface area contributed by atoms with E-state index >= 15 is 0 Å². The van der Waals surface area contributed by atoms with Gasteiger partial charge in [0, 0.05) is 22.4 Å². The lowest BCUT2D eigenvalue weighted by molar-refractivity contribution is 1.29. The Morgan fingerprint density at radius 3 is 2.77 bits per heavy atom. The number of aromatic amines is 1. The van der Waals surface area contributed by atoms with Crippen LogP contribution in [0.1, 0.15) is 0 Å². The molecule has 0 aliphatic heterocycles. The molecule has 0 aliphatic carbocycles. The predicted octanol–water partition coefficient (Wildman–Crippen LogP) is 1.82. The molecule has 0 aliphatic rings. The van der Waals surface area contributed by atoms with Crippen molar-refractivity contribution in [1.29, 1.82) is 0 Å². The molecule has 2 rings (SSSR count). The molecule has 0 amide bonds. The van der Waals surface area contributed by atoms with Crippen LogP contribution in [0.5, 0.6) is 0 Å². The highest BCUT2D eigenvalue weighted by Gasteiger charge is 2.01. The summed E-state index contributed by atoms with van der Waals surface area (Å²) in [4.78, 5) is 10.9. The minimum Gasteiger partial charge on any atom is -0.369 e. The number of anilines is 1. The molecule has 0 saturated heterocycles. The summed E-state index contributed by atoms with van der Waals surface area (Å²) in [6, 6.07) is 1.94. The smallest absolute Gasteiger partial charge is 0.197 e. The van der Waals surface area contributed by atoms with Gasteiger partial charge in [0.1, 0.15) is 0 Å². The van der Waals surface area contributed by atoms with Gasteiger partial charge in [-0.3, -0.25) is 4.98 Å². The molecule has 0 fully saturated rings. The van der Waals surface area contributed by atoms with Crippen molar-refractivity contribution in [3.63, 3.8) is 0 Å². The van der Waals surface area contributed by atoms with Crippen LogP contribution in [0.2, 0.25) is 0 Å². The fraction of sp³-hybridized carbons (Fsp3) is 0. The largest absolute Gasteiger partial charge is 0.369 e. The molecular weight excluding hydrogens is 232 g/mol. The molecule has 4 nitrogen and oxygen atoms in total. The maximum Gasteiger partial charge on any atom is 0.197 e. The number of pyridine rings is 1. The first-order valence-corrected chi connectivity index (χ1v) is 4.46. The highest BCUT2D eigenvalue weighted by Crippen LogP contribution is 2.19. The molecule has 0 atom stereocenters. The summed E-state index contributed by atoms with van der Waals surface area (Å²) in [5, 5.41) is 0. The van der Waals surface area contributed by atoms with E-state index in [0.717, 1.165) is 15.7 Å². The Balaban J connectivity index is 2.46. The number of hydrogen-bond acceptors (Lipinski definition) is 3. The highest BCUT2D eigenvalue weighted by atomic mass is 79.9. The molecule has 0 unspecified atom stereocenters. The monoisotopic (exact) mass is 238 g/mol. The van der Waals surface area contributed by atoms with E-state index in [4.69, 9.17) is 5.73 Å². The predicted molar refractivity (Wildman–Crippen MR) is 53.9 cm³/mol. The third-order valence-corrected chi connectivity index (χ3v) is 2.05. The minimum atomic E-state index is 0.412. The SMILES string of the molecule is Nc1ncc(-c2cncc(Br)c2)[nH]1. The van der Waals surface area contributed by atoms with Gasteiger partial charge >= 0.3 is 0 Å². The number of nitrogens with one attached hydrogen (secondary N) is 1. The first-order valence-electron chi connectivity index (χ1n) is 3.67. The second-order valence-electron chi connectivity index (χ2n) is 2.57. The summed E-state index contributed by atoms with van der Waals surface area (Å²) >= 11 is 3.34. The maximum absolute atomic E-state index is 5.46. The number of halogens is 1. The lowest BCUT2D eigenvalue weighted by Crippen LogP contribution is -1.85. The van der Waals surface area contributed by atoms with Gasteiger partial charge in [-0.05, 0) is 22.0 Å². The zero-order valence-electron chi connectivity index (χ0n) is 6.66. The van der Waals surface area contributed by atoms with Crippen LogP contribution in [0.25, 0.3) is 11.3 Å². The molecule has 2 aromatic heterocycles. The Kier molecular flexibility index (Phi) is 2.02. The third kappa shape index (κ3) is 1.70. The second kappa shape index (κ2) is 3.18. The van der Waals surface area contributed by atoms with E-state index in [-0.39, 0.29) is 0 Å². The van der Waals surface area contributed by atoms with E-state index in [1.165, 1.54) is 0 Å². The number of rotatable bonds is 1. The van der Waals surface area contributed by atoms with Crippen molar-refractivity contribution in [2.75, 3.05) is 5.73 Å². The van der Waals surface area contributed by atoms with Gasteiger partial charge in [-0.2, -0.15) is 0 Å². The van der Waals surface area contributed by atoms with Crippen LogP contribution >= 0.6 is 15.9 Å². The fourth-order valence-corrected chi connectivity index (χ4v) is 1.41. The van der Waals surface area contributed by atoms with Crippen LogP contribution < -0.4 is 5.73 Å². The van der Waals surface area contributed by atoms with Gasteiger partial charge in [-0.15, -0.1) is 0 Å². The Morgan fingerprint density at radius 2 is 2.15 bits per heavy atom. The van der Waals surface area contributed by atoms with Gasteiger partial charge in [0.15, 0.2) is 5.95 Å². The van der Waals surface area contributed by atoms with Crippen LogP contribution in [-0.4, -0.2) is 15.0 Å². The molecule has 13 heavy (non-hydrogen) atoms. The van der Waals surface area contributed by atoms with E-state index in [1.807, 2.05) is 6.07 Å². The second-order valence-corrected chi connectivity index (χ2v) is 3.49. The fourth-order valence-electron chi connectivity index (χ4n) is 1.04. The summed E-state index contributed by atoms with van der Waals surface area (Å²) < 4.78 is 0.929. The Bertz CT molecular complexity index is 424. The summed E-state index contributed by atoms with van der Waals surface area (Å²) in [6.45, 7) is 0. The van der Waals surface area contributed by atoms with E-state index in [9.17, 15) is 0 Å². The number of nitrogens with two attached hydrogens (primary N) is 1. The van der Waals surface area contributed by atoms with Crippen molar-refractivity contribution in [1.82, 2.24) is 15.0 Å². The highest BCUT2D eigenvalue weighted by molar-refractivity contribution is 9.10. The number of imidazole rings is 1. The topological polar surface area (TPSA) is 67.6 Å². The quantitative estimate of drug-likeness (QED) is 0.797. The molecule has 3 N–H and O–H groups in total. The number of hydrogen-bond donors (Lipinski definition) is 2. The van der Waals surface area contributed by atoms with Crippen molar-refractivity contribution in [3.05, 3.63) is 29.1 Å². The number of H-pyrrole nitrogens is 1. The average Bonchev–Trinajstić information content (AvgIpc) is 2.52. The molecule has 66 valence electrons. The van der Waals surface area contributed by atoms with Crippen LogP contribution in [0.4, 0.5) is 5.95 Å². The number of nitrogens with zero attached hydrogens (tertiary/aromatic N) is 2. The van der Waals surface area contributed by atoms with E-state index < -0.39 is 0 Å². The molecule has 0 radical (unpaired) electrons. The molecule has 0 bridgehead atoms. The lowest BCUT2D eigenvalue weighted by Gasteiger charge is -1.96. The molecule has 0 aromatic carbocycles. The minimum absolute atomic E-state index is 0.412. The molecular formula is C8H7BrN4. The summed E-state index contributed by atoms with van der Waals surface area (Å²) in [6.07, 6.45) is 5.15. The Morgan fingerprint density at radius 1 is 1.31 bits per heavy atom. The van der Waals surface area contributed by atoms with Gasteiger partial charge in [0.05, 0.1) is 11.9 Å². The van der Waals surface area contributed by atoms with Crippen molar-refractivity contribution in [2.45, 2.75) is 0 Å². The van der Waals surface area contributed by atoms with Crippen molar-refractivity contribution >= 4 is 21.9 Å². The van der Waals surface area contributed by atoms with E-state index in [2.05, 4.69) is 30.9 Å². The van der Waals surface area contributed by atoms with Gasteiger partial charge in [-0.1, -0.05) is 0 Å². The van der Waals surface area contributed by atoms with Crippen LogP contribution in [0.3, 0.4) is 0 Å². The van der Waals surface area contributed by atoms with Crippen molar-refractivity contribution in [3.8, 4) is 11.3 Å². The Labute approximate surface area is 83.3 Å². The maximum atomic E-state index is 5.46. The van der Waals surface area contributed by atoms with Crippen LogP contribution in [0, 0.1) is 0 Å². The molecule has 0 saturated carbocycles. The zero-order chi connectivity index (χ0) is 9.26. The van der Waals surface area contributed by atoms with Crippen molar-refractivity contribution in [2.24, 2.45) is 0 Å². The van der Waals surface area contributed by atoms with Gasteiger partial charge < -0.3 is 10.7 Å². The standard InChI is InChI=1S/C8H7BrN4/c9-6-1-5(2-11-3-6)7-4-12-8(10)13-7/h1-4H,(H3,10,12,13). The van der Waals surface area contributed by atoms with Gasteiger partial charge in [0.2, 0.25) is 0 Å². The molecule has 5 heteroatoms. The first kappa shape index (κ1) is 8.25. The first-order chi connectivity index (χ1) is 6.25. The van der Waals surface area contributed by atoms with Gasteiger partial charge in [-0.25, -0.2) is 4.98 Å². The number of nitrogen functional groups attached to an aromatic ring is 1. The normalized spacial score (nSPS) is 10.2. The summed E-state index contributed by atoms with van der Waals surface area (Å²) in [5.74, 6) is 0.412. The molecule has 2 aromatic rings. The number of aromatic nitrogens is 3. The zero-order valence-corrected chi connectivity index (χ0v) is 8.25. The van der Waals surface area contributed by atoms with E-state index in [1.54, 1.807) is 18.6 Å². The Hall–Kier alpha value is -1.36. The molecule has 2 heterocycles. The van der Waals surface area contributed by atoms with Crippen LogP contribution in [-0.2, 0) is 0 Å². The van der Waals surface area contributed by atoms with Crippen molar-refractivity contribution < 1.29 is 0 Å². The van der Waals surface area contributed by atoms with E-state index in [0.29, 0.717) is 5.95 Å². The lowest BCUT2D eigenvalue weighted by atomic mass is 10.2. The summed E-state index contributed by atoms with van der Waals surface area (Å²) in [5.41, 5.74) is 7.28. The molecule has 0 spiro atoms. The van der Waals surface area contributed by atoms with Gasteiger partial charge in [0.25, 0.3) is 0 Å².